The Morgan fingerprint density at radius 1 is 0.467 bits per heavy atom. The van der Waals surface area contributed by atoms with Crippen molar-refractivity contribution >= 4 is 0 Å². The first-order valence-electron chi connectivity index (χ1n) is 1.79. The van der Waals surface area contributed by atoms with Gasteiger partial charge in [-0.05, 0) is 20.8 Å². The fraction of sp³-hybridized carbons (Fsp3) is 1.00. The lowest BCUT2D eigenvalue weighted by atomic mass is 10.1. The SMILES string of the molecule is CC(C)(C)N.O.O.O.O.O.O.O.O.O.O. The van der Waals surface area contributed by atoms with Crippen LogP contribution in [0.15, 0.2) is 0 Å². The molecule has 0 aromatic carbocycles. The summed E-state index contributed by atoms with van der Waals surface area (Å²) in [4.78, 5) is 0. The average Bonchev–Trinajstić information content (AvgIpc) is 0.722. The maximum absolute atomic E-state index is 5.35. The number of rotatable bonds is 0. The summed E-state index contributed by atoms with van der Waals surface area (Å²) in [6.45, 7) is 5.90. The van der Waals surface area contributed by atoms with E-state index in [1.54, 1.807) is 0 Å². The third-order valence-corrected chi connectivity index (χ3v) is 0. The third kappa shape index (κ3) is 9360. The molecule has 0 heterocycles. The zero-order valence-corrected chi connectivity index (χ0v) is 9.08. The quantitative estimate of drug-likeness (QED) is 0.431. The Balaban J connectivity index is -0.00000000178. The van der Waals surface area contributed by atoms with Crippen LogP contribution in [0.3, 0.4) is 0 Å². The van der Waals surface area contributed by atoms with E-state index < -0.39 is 0 Å². The van der Waals surface area contributed by atoms with Gasteiger partial charge in [-0.25, -0.2) is 0 Å². The van der Waals surface area contributed by atoms with Crippen LogP contribution in [0.2, 0.25) is 0 Å². The predicted octanol–water partition coefficient (Wildman–Crippen LogP) is -7.50. The molecule has 0 amide bonds. The van der Waals surface area contributed by atoms with Crippen LogP contribution in [0.4, 0.5) is 0 Å². The second kappa shape index (κ2) is 69.2. The van der Waals surface area contributed by atoms with Gasteiger partial charge in [0, 0.05) is 5.54 Å². The van der Waals surface area contributed by atoms with Crippen LogP contribution in [0.25, 0.3) is 0 Å². The molecule has 0 unspecified atom stereocenters. The number of hydrogen-bond acceptors (Lipinski definition) is 1. The molecule has 22 N–H and O–H groups in total. The lowest BCUT2D eigenvalue weighted by Crippen LogP contribution is -2.26. The van der Waals surface area contributed by atoms with Gasteiger partial charge in [0.1, 0.15) is 0 Å². The van der Waals surface area contributed by atoms with Crippen LogP contribution in [-0.4, -0.2) is 60.3 Å². The van der Waals surface area contributed by atoms with E-state index in [4.69, 9.17) is 5.73 Å². The van der Waals surface area contributed by atoms with Crippen LogP contribution in [0.5, 0.6) is 0 Å². The maximum atomic E-state index is 5.35. The molecule has 11 heteroatoms. The summed E-state index contributed by atoms with van der Waals surface area (Å²) in [5, 5.41) is 0. The highest BCUT2D eigenvalue weighted by atomic mass is 16.0. The van der Waals surface area contributed by atoms with Crippen LogP contribution in [0.1, 0.15) is 20.8 Å². The first-order chi connectivity index (χ1) is 2.00. The van der Waals surface area contributed by atoms with E-state index >= 15 is 0 Å². The Bertz CT molecular complexity index is 32.9. The van der Waals surface area contributed by atoms with Gasteiger partial charge < -0.3 is 60.5 Å². The molecule has 11 nitrogen and oxygen atoms in total. The summed E-state index contributed by atoms with van der Waals surface area (Å²) >= 11 is 0. The number of nitrogens with two attached hydrogens (primary N) is 1. The fourth-order valence-corrected chi connectivity index (χ4v) is 0. The molecule has 0 spiro atoms. The summed E-state index contributed by atoms with van der Waals surface area (Å²) in [5.74, 6) is 0. The summed E-state index contributed by atoms with van der Waals surface area (Å²) in [6.07, 6.45) is 0. The van der Waals surface area contributed by atoms with E-state index in [1.165, 1.54) is 0 Å². The highest BCUT2D eigenvalue weighted by Crippen LogP contribution is 1.88. The summed E-state index contributed by atoms with van der Waals surface area (Å²) in [5.41, 5.74) is 5.35. The van der Waals surface area contributed by atoms with Gasteiger partial charge in [-0.15, -0.1) is 0 Å². The van der Waals surface area contributed by atoms with Crippen molar-refractivity contribution < 1.29 is 54.8 Å². The van der Waals surface area contributed by atoms with E-state index in [2.05, 4.69) is 0 Å². The van der Waals surface area contributed by atoms with E-state index in [0.717, 1.165) is 0 Å². The van der Waals surface area contributed by atoms with Gasteiger partial charge in [-0.2, -0.15) is 0 Å². The van der Waals surface area contributed by atoms with Gasteiger partial charge >= 0.3 is 0 Å². The molecule has 0 radical (unpaired) electrons. The zero-order chi connectivity index (χ0) is 4.50. The van der Waals surface area contributed by atoms with Crippen LogP contribution in [-0.2, 0) is 0 Å². The van der Waals surface area contributed by atoms with Crippen molar-refractivity contribution in [3.05, 3.63) is 0 Å². The molecular formula is C4H31NO10. The van der Waals surface area contributed by atoms with Crippen molar-refractivity contribution in [3.8, 4) is 0 Å². The van der Waals surface area contributed by atoms with Gasteiger partial charge in [-0.3, -0.25) is 0 Å². The molecule has 0 aliphatic carbocycles. The Morgan fingerprint density at radius 2 is 0.467 bits per heavy atom. The third-order valence-electron chi connectivity index (χ3n) is 0. The lowest BCUT2D eigenvalue weighted by Gasteiger charge is -2.06. The molecular weight excluding hydrogens is 222 g/mol. The fourth-order valence-electron chi connectivity index (χ4n) is 0. The Labute approximate surface area is 88.0 Å². The maximum Gasteiger partial charge on any atom is 0.00686 e. The van der Waals surface area contributed by atoms with E-state index in [1.807, 2.05) is 20.8 Å². The minimum Gasteiger partial charge on any atom is -0.412 e. The Morgan fingerprint density at radius 3 is 0.467 bits per heavy atom. The van der Waals surface area contributed by atoms with Crippen molar-refractivity contribution in [1.82, 2.24) is 0 Å². The summed E-state index contributed by atoms with van der Waals surface area (Å²) in [6, 6.07) is 0. The molecule has 15 heavy (non-hydrogen) atoms. The molecule has 0 saturated heterocycles. The summed E-state index contributed by atoms with van der Waals surface area (Å²) in [7, 11) is 0. The standard InChI is InChI=1S/C4H11N.10H2O/c1-4(2,3)5;;;;;;;;;;/h5H2,1-3H3;10*1H2. The average molecular weight is 253 g/mol. The topological polar surface area (TPSA) is 341 Å². The van der Waals surface area contributed by atoms with Gasteiger partial charge in [0.15, 0.2) is 0 Å². The second-order valence-corrected chi connectivity index (χ2v) is 2.37. The molecule has 0 aromatic rings. The smallest absolute Gasteiger partial charge is 0.00686 e. The van der Waals surface area contributed by atoms with Crippen molar-refractivity contribution in [2.45, 2.75) is 26.3 Å². The molecule has 0 atom stereocenters. The first-order valence-corrected chi connectivity index (χ1v) is 1.79. The molecule has 0 aromatic heterocycles. The largest absolute Gasteiger partial charge is 0.412 e. The van der Waals surface area contributed by atoms with E-state index in [9.17, 15) is 0 Å². The Hall–Kier alpha value is -0.440. The zero-order valence-electron chi connectivity index (χ0n) is 9.08. The van der Waals surface area contributed by atoms with Crippen molar-refractivity contribution in [2.75, 3.05) is 0 Å². The van der Waals surface area contributed by atoms with Crippen molar-refractivity contribution in [3.63, 3.8) is 0 Å². The van der Waals surface area contributed by atoms with Crippen molar-refractivity contribution in [1.29, 1.82) is 0 Å². The highest BCUT2D eigenvalue weighted by molar-refractivity contribution is 4.60. The molecule has 0 fully saturated rings. The minimum absolute atomic E-state index is 0. The van der Waals surface area contributed by atoms with Crippen LogP contribution >= 0.6 is 0 Å². The molecule has 0 bridgehead atoms. The minimum atomic E-state index is 0. The monoisotopic (exact) mass is 253 g/mol. The van der Waals surface area contributed by atoms with Crippen LogP contribution < -0.4 is 5.73 Å². The molecule has 0 rings (SSSR count). The molecule has 0 aliphatic heterocycles. The molecule has 112 valence electrons. The highest BCUT2D eigenvalue weighted by Gasteiger charge is 1.95. The van der Waals surface area contributed by atoms with Gasteiger partial charge in [0.25, 0.3) is 0 Å². The van der Waals surface area contributed by atoms with E-state index in [0.29, 0.717) is 0 Å². The normalized spacial score (nSPS) is 4.00. The predicted molar refractivity (Wildman–Crippen MR) is 60.1 cm³/mol. The second-order valence-electron chi connectivity index (χ2n) is 2.37. The molecule has 0 aliphatic rings. The summed E-state index contributed by atoms with van der Waals surface area (Å²) < 4.78 is 0. The van der Waals surface area contributed by atoms with Crippen LogP contribution in [0, 0.1) is 0 Å². The van der Waals surface area contributed by atoms with Crippen molar-refractivity contribution in [2.24, 2.45) is 5.73 Å². The van der Waals surface area contributed by atoms with E-state index in [-0.39, 0.29) is 60.3 Å². The van der Waals surface area contributed by atoms with Gasteiger partial charge in [-0.1, -0.05) is 0 Å². The van der Waals surface area contributed by atoms with Gasteiger partial charge in [0.2, 0.25) is 0 Å². The first kappa shape index (κ1) is 211. The molecule has 0 saturated carbocycles. The Kier molecular flexibility index (Phi) is 974. The van der Waals surface area contributed by atoms with Gasteiger partial charge in [0.05, 0.1) is 0 Å². The number of hydrogen-bond donors (Lipinski definition) is 1. The lowest BCUT2D eigenvalue weighted by molar-refractivity contribution is 0.580.